The predicted molar refractivity (Wildman–Crippen MR) is 83.7 cm³/mol. The van der Waals surface area contributed by atoms with Crippen LogP contribution < -0.4 is 11.1 Å². The van der Waals surface area contributed by atoms with Crippen LogP contribution in [0.5, 0.6) is 0 Å². The first-order chi connectivity index (χ1) is 9.89. The summed E-state index contributed by atoms with van der Waals surface area (Å²) in [6, 6.07) is 6.95. The van der Waals surface area contributed by atoms with Gasteiger partial charge in [-0.3, -0.25) is 4.79 Å². The van der Waals surface area contributed by atoms with Crippen molar-refractivity contribution in [3.63, 3.8) is 0 Å². The number of amides is 1. The van der Waals surface area contributed by atoms with E-state index in [2.05, 4.69) is 12.2 Å². The number of aliphatic hydroxyl groups is 1. The largest absolute Gasteiger partial charge is 0.388 e. The van der Waals surface area contributed by atoms with Crippen LogP contribution in [0, 0.1) is 12.8 Å². The highest BCUT2D eigenvalue weighted by atomic mass is 16.3. The molecule has 1 aliphatic rings. The molecule has 0 bridgehead atoms. The number of carbonyl (C=O) groups is 1. The van der Waals surface area contributed by atoms with Gasteiger partial charge in [0, 0.05) is 6.54 Å². The van der Waals surface area contributed by atoms with Crippen LogP contribution >= 0.6 is 0 Å². The van der Waals surface area contributed by atoms with Crippen LogP contribution in [-0.2, 0) is 4.79 Å². The molecule has 116 valence electrons. The van der Waals surface area contributed by atoms with Gasteiger partial charge in [0.2, 0.25) is 5.91 Å². The van der Waals surface area contributed by atoms with E-state index in [9.17, 15) is 9.90 Å². The van der Waals surface area contributed by atoms with E-state index in [1.54, 1.807) is 0 Å². The Morgan fingerprint density at radius 1 is 1.38 bits per heavy atom. The number of aryl methyl sites for hydroxylation is 1. The average molecular weight is 290 g/mol. The van der Waals surface area contributed by atoms with Crippen molar-refractivity contribution >= 4 is 5.91 Å². The molecule has 1 amide bonds. The second-order valence-electron chi connectivity index (χ2n) is 6.51. The lowest BCUT2D eigenvalue weighted by Crippen LogP contribution is -2.47. The zero-order chi connectivity index (χ0) is 15.5. The van der Waals surface area contributed by atoms with E-state index < -0.39 is 11.6 Å². The van der Waals surface area contributed by atoms with Crippen LogP contribution in [0.25, 0.3) is 0 Å². The third kappa shape index (κ3) is 4.29. The molecule has 0 aromatic heterocycles. The minimum absolute atomic E-state index is 0.231. The minimum atomic E-state index is -0.769. The first-order valence-corrected chi connectivity index (χ1v) is 7.72. The smallest absolute Gasteiger partial charge is 0.241 e. The molecule has 0 spiro atoms. The van der Waals surface area contributed by atoms with Gasteiger partial charge in [0.05, 0.1) is 5.60 Å². The number of nitrogens with one attached hydrogen (secondary N) is 1. The second kappa shape index (κ2) is 6.58. The summed E-state index contributed by atoms with van der Waals surface area (Å²) in [5.41, 5.74) is 7.14. The van der Waals surface area contributed by atoms with Gasteiger partial charge in [0.1, 0.15) is 6.04 Å². The number of hydrogen-bond acceptors (Lipinski definition) is 3. The number of rotatable bonds is 4. The van der Waals surface area contributed by atoms with E-state index in [4.69, 9.17) is 5.73 Å². The fourth-order valence-corrected chi connectivity index (χ4v) is 2.76. The van der Waals surface area contributed by atoms with Crippen molar-refractivity contribution in [2.75, 3.05) is 6.54 Å². The van der Waals surface area contributed by atoms with Crippen LogP contribution in [0.3, 0.4) is 0 Å². The quantitative estimate of drug-likeness (QED) is 0.794. The standard InChI is InChI=1S/C17H26N2O2/c1-12-3-5-14(6-4-12)15(18)16(20)19-11-17(21)9-7-13(2)8-10-17/h3-6,13,15,21H,7-11,18H2,1-2H3,(H,19,20). The van der Waals surface area contributed by atoms with E-state index in [1.165, 1.54) is 0 Å². The molecule has 0 saturated heterocycles. The van der Waals surface area contributed by atoms with Gasteiger partial charge in [-0.15, -0.1) is 0 Å². The monoisotopic (exact) mass is 290 g/mol. The highest BCUT2D eigenvalue weighted by Gasteiger charge is 2.32. The van der Waals surface area contributed by atoms with Crippen molar-refractivity contribution in [3.8, 4) is 0 Å². The lowest BCUT2D eigenvalue weighted by atomic mass is 9.79. The Morgan fingerprint density at radius 3 is 2.52 bits per heavy atom. The Labute approximate surface area is 126 Å². The van der Waals surface area contributed by atoms with Crippen molar-refractivity contribution in [2.24, 2.45) is 11.7 Å². The Kier molecular flexibility index (Phi) is 5.01. The number of hydrogen-bond donors (Lipinski definition) is 3. The average Bonchev–Trinajstić information content (AvgIpc) is 2.48. The summed E-state index contributed by atoms with van der Waals surface area (Å²) in [6.45, 7) is 4.48. The molecule has 4 heteroatoms. The summed E-state index contributed by atoms with van der Waals surface area (Å²) in [5, 5.41) is 13.3. The Balaban J connectivity index is 1.88. The molecule has 0 heterocycles. The van der Waals surface area contributed by atoms with Gasteiger partial charge >= 0.3 is 0 Å². The SMILES string of the molecule is Cc1ccc(C(N)C(=O)NCC2(O)CCC(C)CC2)cc1. The summed E-state index contributed by atoms with van der Waals surface area (Å²) < 4.78 is 0. The van der Waals surface area contributed by atoms with Crippen LogP contribution in [-0.4, -0.2) is 23.2 Å². The molecule has 21 heavy (non-hydrogen) atoms. The van der Waals surface area contributed by atoms with E-state index in [-0.39, 0.29) is 12.5 Å². The van der Waals surface area contributed by atoms with Gasteiger partial charge in [-0.1, -0.05) is 36.8 Å². The molecule has 1 aromatic rings. The molecule has 4 nitrogen and oxygen atoms in total. The molecular weight excluding hydrogens is 264 g/mol. The molecule has 2 rings (SSSR count). The summed E-state index contributed by atoms with van der Waals surface area (Å²) in [6.07, 6.45) is 3.51. The molecular formula is C17H26N2O2. The van der Waals surface area contributed by atoms with E-state index in [0.717, 1.165) is 36.8 Å². The van der Waals surface area contributed by atoms with Crippen molar-refractivity contribution in [2.45, 2.75) is 51.2 Å². The van der Waals surface area contributed by atoms with Gasteiger partial charge in [0.25, 0.3) is 0 Å². The molecule has 1 aliphatic carbocycles. The third-order valence-electron chi connectivity index (χ3n) is 4.52. The first kappa shape index (κ1) is 16.0. The number of benzene rings is 1. The van der Waals surface area contributed by atoms with Crippen LogP contribution in [0.1, 0.15) is 49.8 Å². The Bertz CT molecular complexity index is 476. The van der Waals surface area contributed by atoms with Crippen molar-refractivity contribution in [1.82, 2.24) is 5.32 Å². The maximum atomic E-state index is 12.1. The van der Waals surface area contributed by atoms with Gasteiger partial charge < -0.3 is 16.2 Å². The normalized spacial score (nSPS) is 27.1. The van der Waals surface area contributed by atoms with Gasteiger partial charge in [0.15, 0.2) is 0 Å². The van der Waals surface area contributed by atoms with Crippen molar-refractivity contribution in [1.29, 1.82) is 0 Å². The Morgan fingerprint density at radius 2 is 1.95 bits per heavy atom. The first-order valence-electron chi connectivity index (χ1n) is 7.72. The predicted octanol–water partition coefficient (Wildman–Crippen LogP) is 2.05. The topological polar surface area (TPSA) is 75.4 Å². The Hall–Kier alpha value is -1.39. The van der Waals surface area contributed by atoms with E-state index in [0.29, 0.717) is 5.92 Å². The van der Waals surface area contributed by atoms with E-state index >= 15 is 0 Å². The highest BCUT2D eigenvalue weighted by molar-refractivity contribution is 5.83. The van der Waals surface area contributed by atoms with Crippen molar-refractivity contribution < 1.29 is 9.90 Å². The molecule has 0 radical (unpaired) electrons. The fourth-order valence-electron chi connectivity index (χ4n) is 2.76. The number of carbonyl (C=O) groups excluding carboxylic acids is 1. The maximum Gasteiger partial charge on any atom is 0.241 e. The molecule has 1 fully saturated rings. The molecule has 1 aromatic carbocycles. The number of nitrogens with two attached hydrogens (primary N) is 1. The minimum Gasteiger partial charge on any atom is -0.388 e. The van der Waals surface area contributed by atoms with Crippen LogP contribution in [0.2, 0.25) is 0 Å². The second-order valence-corrected chi connectivity index (χ2v) is 6.51. The maximum absolute atomic E-state index is 12.1. The summed E-state index contributed by atoms with van der Waals surface area (Å²) >= 11 is 0. The van der Waals surface area contributed by atoms with Crippen LogP contribution in [0.4, 0.5) is 0 Å². The summed E-state index contributed by atoms with van der Waals surface area (Å²) in [7, 11) is 0. The van der Waals surface area contributed by atoms with Gasteiger partial charge in [-0.05, 0) is 44.1 Å². The zero-order valence-electron chi connectivity index (χ0n) is 12.9. The zero-order valence-corrected chi connectivity index (χ0v) is 12.9. The molecule has 4 N–H and O–H groups in total. The lowest BCUT2D eigenvalue weighted by Gasteiger charge is -2.35. The molecule has 1 unspecified atom stereocenters. The summed E-state index contributed by atoms with van der Waals surface area (Å²) in [4.78, 5) is 12.1. The molecule has 0 aliphatic heterocycles. The van der Waals surface area contributed by atoms with Crippen molar-refractivity contribution in [3.05, 3.63) is 35.4 Å². The van der Waals surface area contributed by atoms with Gasteiger partial charge in [-0.2, -0.15) is 0 Å². The van der Waals surface area contributed by atoms with Crippen LogP contribution in [0.15, 0.2) is 24.3 Å². The molecule has 1 saturated carbocycles. The molecule has 1 atom stereocenters. The third-order valence-corrected chi connectivity index (χ3v) is 4.52. The van der Waals surface area contributed by atoms with E-state index in [1.807, 2.05) is 31.2 Å². The highest BCUT2D eigenvalue weighted by Crippen LogP contribution is 2.31. The van der Waals surface area contributed by atoms with Gasteiger partial charge in [-0.25, -0.2) is 0 Å². The lowest BCUT2D eigenvalue weighted by molar-refractivity contribution is -0.124. The fraction of sp³-hybridized carbons (Fsp3) is 0.588. The summed E-state index contributed by atoms with van der Waals surface area (Å²) in [5.74, 6) is 0.432.